The van der Waals surface area contributed by atoms with Crippen LogP contribution < -0.4 is 11.0 Å². The first-order valence-corrected chi connectivity index (χ1v) is 11.5. The van der Waals surface area contributed by atoms with Crippen molar-refractivity contribution >= 4 is 54.9 Å². The maximum Gasteiger partial charge on any atom is 0.280 e. The van der Waals surface area contributed by atoms with Crippen LogP contribution >= 0.6 is 31.9 Å². The van der Waals surface area contributed by atoms with Crippen LogP contribution in [0, 0.1) is 20.8 Å². The highest BCUT2D eigenvalue weighted by molar-refractivity contribution is 9.11. The Labute approximate surface area is 205 Å². The van der Waals surface area contributed by atoms with E-state index in [4.69, 9.17) is 0 Å². The van der Waals surface area contributed by atoms with E-state index in [1.54, 1.807) is 17.7 Å². The Morgan fingerprint density at radius 2 is 1.76 bits per heavy atom. The van der Waals surface area contributed by atoms with Crippen molar-refractivity contribution in [1.29, 1.82) is 0 Å². The summed E-state index contributed by atoms with van der Waals surface area (Å²) in [6, 6.07) is 12.1. The molecule has 0 aliphatic heterocycles. The number of carbonyl (C=O) groups excluding carboxylic acids is 1. The van der Waals surface area contributed by atoms with Crippen LogP contribution in [-0.4, -0.2) is 31.6 Å². The van der Waals surface area contributed by atoms with Crippen molar-refractivity contribution in [2.24, 2.45) is 5.10 Å². The number of phenols is 1. The lowest BCUT2D eigenvalue weighted by Gasteiger charge is -2.16. The molecule has 0 bridgehead atoms. The van der Waals surface area contributed by atoms with Gasteiger partial charge >= 0.3 is 0 Å². The SMILES string of the molecule is Cc1cc(C=NNC(=O)c2cc(Br)c(O)c(Br)c2)c(C)n1-n1c(C)nc2ccccc2c1=O. The number of aromatic nitrogens is 3. The molecule has 2 heterocycles. The Kier molecular flexibility index (Phi) is 6.22. The van der Waals surface area contributed by atoms with E-state index in [-0.39, 0.29) is 11.3 Å². The summed E-state index contributed by atoms with van der Waals surface area (Å²) >= 11 is 6.41. The fourth-order valence-electron chi connectivity index (χ4n) is 3.61. The van der Waals surface area contributed by atoms with Gasteiger partial charge in [0, 0.05) is 22.5 Å². The topological polar surface area (TPSA) is 102 Å². The van der Waals surface area contributed by atoms with Crippen molar-refractivity contribution in [3.63, 3.8) is 0 Å². The summed E-state index contributed by atoms with van der Waals surface area (Å²) in [5.74, 6) is 0.129. The van der Waals surface area contributed by atoms with E-state index in [0.717, 1.165) is 17.0 Å². The summed E-state index contributed by atoms with van der Waals surface area (Å²) < 4.78 is 4.10. The van der Waals surface area contributed by atoms with Gasteiger partial charge < -0.3 is 5.11 Å². The zero-order chi connectivity index (χ0) is 23.9. The normalized spacial score (nSPS) is 11.4. The van der Waals surface area contributed by atoms with Gasteiger partial charge in [-0.05, 0) is 83.0 Å². The average molecular weight is 573 g/mol. The van der Waals surface area contributed by atoms with Gasteiger partial charge in [0.1, 0.15) is 11.6 Å². The largest absolute Gasteiger partial charge is 0.506 e. The molecule has 4 aromatic rings. The Morgan fingerprint density at radius 3 is 2.45 bits per heavy atom. The Balaban J connectivity index is 1.65. The van der Waals surface area contributed by atoms with E-state index >= 15 is 0 Å². The third-order valence-corrected chi connectivity index (χ3v) is 6.41. The van der Waals surface area contributed by atoms with Gasteiger partial charge in [-0.25, -0.2) is 10.4 Å². The maximum absolute atomic E-state index is 13.2. The zero-order valence-corrected chi connectivity index (χ0v) is 21.1. The van der Waals surface area contributed by atoms with Crippen LogP contribution in [0.4, 0.5) is 0 Å². The number of hydrogen-bond donors (Lipinski definition) is 2. The van der Waals surface area contributed by atoms with Crippen molar-refractivity contribution in [3.8, 4) is 5.75 Å². The summed E-state index contributed by atoms with van der Waals surface area (Å²) in [4.78, 5) is 30.2. The van der Waals surface area contributed by atoms with Gasteiger partial charge in [0.25, 0.3) is 11.5 Å². The summed E-state index contributed by atoms with van der Waals surface area (Å²) in [5, 5.41) is 14.4. The standard InChI is InChI=1S/C23H19Br2N5O3/c1-12-8-16(11-26-28-22(32)15-9-18(24)21(31)19(25)10-15)13(2)29(12)30-14(3)27-20-7-5-4-6-17(20)23(30)33/h4-11,31H,1-3H3,(H,28,32). The predicted molar refractivity (Wildman–Crippen MR) is 134 cm³/mol. The quantitative estimate of drug-likeness (QED) is 0.279. The fourth-order valence-corrected chi connectivity index (χ4v) is 4.79. The number of benzene rings is 2. The second kappa shape index (κ2) is 8.95. The number of fused-ring (bicyclic) bond motifs is 1. The number of phenolic OH excluding ortho intramolecular Hbond substituents is 1. The van der Waals surface area contributed by atoms with Crippen LogP contribution in [0.1, 0.15) is 33.1 Å². The molecule has 0 aliphatic carbocycles. The number of nitrogens with zero attached hydrogens (tertiary/aromatic N) is 4. The van der Waals surface area contributed by atoms with Gasteiger partial charge in [-0.1, -0.05) is 12.1 Å². The molecule has 0 aliphatic rings. The molecule has 8 nitrogen and oxygen atoms in total. The number of amides is 1. The highest BCUT2D eigenvalue weighted by Gasteiger charge is 2.16. The second-order valence-electron chi connectivity index (χ2n) is 7.42. The average Bonchev–Trinajstić information content (AvgIpc) is 3.05. The molecule has 2 aromatic heterocycles. The van der Waals surface area contributed by atoms with Crippen molar-refractivity contribution in [2.45, 2.75) is 20.8 Å². The third kappa shape index (κ3) is 4.23. The lowest BCUT2D eigenvalue weighted by atomic mass is 10.2. The van der Waals surface area contributed by atoms with Gasteiger partial charge in [0.05, 0.1) is 26.1 Å². The van der Waals surface area contributed by atoms with Gasteiger partial charge in [-0.3, -0.25) is 14.3 Å². The summed E-state index contributed by atoms with van der Waals surface area (Å²) in [6.07, 6.45) is 1.52. The molecule has 2 N–H and O–H groups in total. The third-order valence-electron chi connectivity index (χ3n) is 5.20. The molecule has 168 valence electrons. The van der Waals surface area contributed by atoms with E-state index in [2.05, 4.69) is 47.4 Å². The van der Waals surface area contributed by atoms with Gasteiger partial charge in [0.15, 0.2) is 0 Å². The lowest BCUT2D eigenvalue weighted by Crippen LogP contribution is -2.30. The molecule has 0 atom stereocenters. The Bertz CT molecular complexity index is 1480. The number of para-hydroxylation sites is 1. The minimum atomic E-state index is -0.438. The van der Waals surface area contributed by atoms with E-state index in [1.807, 2.05) is 38.1 Å². The van der Waals surface area contributed by atoms with Crippen LogP contribution in [0.5, 0.6) is 5.75 Å². The zero-order valence-electron chi connectivity index (χ0n) is 17.9. The first-order chi connectivity index (χ1) is 15.7. The monoisotopic (exact) mass is 571 g/mol. The first kappa shape index (κ1) is 22.9. The van der Waals surface area contributed by atoms with Gasteiger partial charge in [0.2, 0.25) is 0 Å². The molecule has 0 unspecified atom stereocenters. The van der Waals surface area contributed by atoms with Crippen LogP contribution in [0.15, 0.2) is 61.3 Å². The van der Waals surface area contributed by atoms with Gasteiger partial charge in [-0.15, -0.1) is 0 Å². The molecule has 2 aromatic carbocycles. The molecule has 0 fully saturated rings. The van der Waals surface area contributed by atoms with Crippen molar-refractivity contribution < 1.29 is 9.90 Å². The van der Waals surface area contributed by atoms with E-state index in [0.29, 0.717) is 31.2 Å². The predicted octanol–water partition coefficient (Wildman–Crippen LogP) is 4.43. The highest BCUT2D eigenvalue weighted by atomic mass is 79.9. The first-order valence-electron chi connectivity index (χ1n) is 9.88. The van der Waals surface area contributed by atoms with Crippen molar-refractivity contribution in [1.82, 2.24) is 19.8 Å². The van der Waals surface area contributed by atoms with Crippen LogP contribution in [-0.2, 0) is 0 Å². The lowest BCUT2D eigenvalue weighted by molar-refractivity contribution is 0.0955. The van der Waals surface area contributed by atoms with Crippen LogP contribution in [0.25, 0.3) is 10.9 Å². The molecule has 0 saturated carbocycles. The number of aryl methyl sites for hydroxylation is 2. The van der Waals surface area contributed by atoms with E-state index < -0.39 is 5.91 Å². The number of rotatable bonds is 4. The van der Waals surface area contributed by atoms with E-state index in [9.17, 15) is 14.7 Å². The smallest absolute Gasteiger partial charge is 0.280 e. The molecule has 10 heteroatoms. The molecule has 0 saturated heterocycles. The fraction of sp³-hybridized carbons (Fsp3) is 0.130. The van der Waals surface area contributed by atoms with Crippen LogP contribution in [0.3, 0.4) is 0 Å². The van der Waals surface area contributed by atoms with Crippen LogP contribution in [0.2, 0.25) is 0 Å². The summed E-state index contributed by atoms with van der Waals surface area (Å²) in [5.41, 5.74) is 5.60. The Morgan fingerprint density at radius 1 is 1.09 bits per heavy atom. The Hall–Kier alpha value is -3.24. The van der Waals surface area contributed by atoms with Crippen molar-refractivity contribution in [3.05, 3.63) is 90.1 Å². The molecule has 0 spiro atoms. The molecule has 0 radical (unpaired) electrons. The number of halogens is 2. The summed E-state index contributed by atoms with van der Waals surface area (Å²) in [6.45, 7) is 5.54. The molecule has 33 heavy (non-hydrogen) atoms. The molecular weight excluding hydrogens is 554 g/mol. The molecule has 4 rings (SSSR count). The molecule has 1 amide bonds. The second-order valence-corrected chi connectivity index (χ2v) is 9.13. The number of carbonyl (C=O) groups is 1. The maximum atomic E-state index is 13.2. The minimum Gasteiger partial charge on any atom is -0.506 e. The number of nitrogens with one attached hydrogen (secondary N) is 1. The number of hydrazone groups is 1. The van der Waals surface area contributed by atoms with E-state index in [1.165, 1.54) is 23.0 Å². The van der Waals surface area contributed by atoms with Gasteiger partial charge in [-0.2, -0.15) is 9.78 Å². The van der Waals surface area contributed by atoms with Crippen molar-refractivity contribution in [2.75, 3.05) is 0 Å². The minimum absolute atomic E-state index is 0.0104. The highest BCUT2D eigenvalue weighted by Crippen LogP contribution is 2.33. The number of hydrogen-bond acceptors (Lipinski definition) is 5. The summed E-state index contributed by atoms with van der Waals surface area (Å²) in [7, 11) is 0. The molecular formula is C23H19Br2N5O3. The number of aromatic hydroxyl groups is 1.